The number of carbonyl (C=O) groups excluding carboxylic acids is 1. The highest BCUT2D eigenvalue weighted by molar-refractivity contribution is 5.99. The van der Waals surface area contributed by atoms with Crippen molar-refractivity contribution in [2.45, 2.75) is 18.9 Å². The minimum absolute atomic E-state index is 0.0276. The van der Waals surface area contributed by atoms with Gasteiger partial charge in [-0.15, -0.1) is 0 Å². The van der Waals surface area contributed by atoms with Crippen molar-refractivity contribution in [3.05, 3.63) is 102 Å². The number of rotatable bonds is 6. The SMILES string of the molecule is O=C(O)c1cccc(-c2ccc(CNC(=O)C3CC3c3ccccc3)c3cnccc23)c1. The molecule has 0 saturated heterocycles. The van der Waals surface area contributed by atoms with E-state index in [0.29, 0.717) is 12.5 Å². The van der Waals surface area contributed by atoms with Gasteiger partial charge in [-0.2, -0.15) is 0 Å². The molecule has 3 aromatic carbocycles. The van der Waals surface area contributed by atoms with Crippen LogP contribution in [0.15, 0.2) is 85.2 Å². The van der Waals surface area contributed by atoms with Crippen LogP contribution in [0.4, 0.5) is 0 Å². The maximum atomic E-state index is 12.7. The van der Waals surface area contributed by atoms with Gasteiger partial charge in [0.1, 0.15) is 0 Å². The highest BCUT2D eigenvalue weighted by Gasteiger charge is 2.43. The Hall–Kier alpha value is -3.99. The molecule has 5 nitrogen and oxygen atoms in total. The lowest BCUT2D eigenvalue weighted by Gasteiger charge is -2.13. The molecule has 1 aliphatic carbocycles. The molecule has 2 unspecified atom stereocenters. The van der Waals surface area contributed by atoms with Crippen molar-refractivity contribution >= 4 is 22.6 Å². The van der Waals surface area contributed by atoms with Gasteiger partial charge in [-0.05, 0) is 58.2 Å². The Morgan fingerprint density at radius 1 is 0.969 bits per heavy atom. The number of aromatic nitrogens is 1. The number of carbonyl (C=O) groups is 2. The summed E-state index contributed by atoms with van der Waals surface area (Å²) in [7, 11) is 0. The summed E-state index contributed by atoms with van der Waals surface area (Å²) in [4.78, 5) is 28.4. The first-order valence-electron chi connectivity index (χ1n) is 10.6. The molecule has 0 bridgehead atoms. The highest BCUT2D eigenvalue weighted by atomic mass is 16.4. The molecule has 32 heavy (non-hydrogen) atoms. The molecule has 4 aromatic rings. The third-order valence-electron chi connectivity index (χ3n) is 6.14. The van der Waals surface area contributed by atoms with Gasteiger partial charge in [0.25, 0.3) is 0 Å². The van der Waals surface area contributed by atoms with Crippen molar-refractivity contribution < 1.29 is 14.7 Å². The van der Waals surface area contributed by atoms with Gasteiger partial charge in [0.2, 0.25) is 5.91 Å². The van der Waals surface area contributed by atoms with E-state index >= 15 is 0 Å². The molecule has 1 saturated carbocycles. The average molecular weight is 422 g/mol. The Morgan fingerprint density at radius 2 is 1.81 bits per heavy atom. The number of amides is 1. The van der Waals surface area contributed by atoms with E-state index in [9.17, 15) is 14.7 Å². The predicted molar refractivity (Wildman–Crippen MR) is 123 cm³/mol. The Bertz CT molecular complexity index is 1320. The van der Waals surface area contributed by atoms with Gasteiger partial charge in [-0.1, -0.05) is 54.6 Å². The van der Waals surface area contributed by atoms with E-state index in [4.69, 9.17) is 0 Å². The van der Waals surface area contributed by atoms with Crippen molar-refractivity contribution in [1.82, 2.24) is 10.3 Å². The van der Waals surface area contributed by atoms with Crippen molar-refractivity contribution in [2.24, 2.45) is 5.92 Å². The van der Waals surface area contributed by atoms with Crippen LogP contribution in [0.2, 0.25) is 0 Å². The first-order chi connectivity index (χ1) is 15.6. The summed E-state index contributed by atoms with van der Waals surface area (Å²) in [5.74, 6) is -0.543. The van der Waals surface area contributed by atoms with Crippen LogP contribution in [0.5, 0.6) is 0 Å². The predicted octanol–water partition coefficient (Wildman–Crippen LogP) is 5.02. The molecule has 5 heteroatoms. The van der Waals surface area contributed by atoms with Crippen LogP contribution in [0.25, 0.3) is 21.9 Å². The lowest BCUT2D eigenvalue weighted by Crippen LogP contribution is -2.25. The van der Waals surface area contributed by atoms with Gasteiger partial charge in [-0.25, -0.2) is 4.79 Å². The average Bonchev–Trinajstić information content (AvgIpc) is 3.64. The molecule has 1 aliphatic rings. The smallest absolute Gasteiger partial charge is 0.335 e. The Kier molecular flexibility index (Phi) is 5.15. The molecule has 1 amide bonds. The molecule has 158 valence electrons. The van der Waals surface area contributed by atoms with E-state index < -0.39 is 5.97 Å². The van der Waals surface area contributed by atoms with Crippen LogP contribution >= 0.6 is 0 Å². The van der Waals surface area contributed by atoms with Gasteiger partial charge in [0.15, 0.2) is 0 Å². The second-order valence-corrected chi connectivity index (χ2v) is 8.16. The molecule has 5 rings (SSSR count). The number of carboxylic acids is 1. The first-order valence-corrected chi connectivity index (χ1v) is 10.6. The van der Waals surface area contributed by atoms with Crippen LogP contribution in [0, 0.1) is 5.92 Å². The zero-order chi connectivity index (χ0) is 22.1. The second-order valence-electron chi connectivity index (χ2n) is 8.16. The van der Waals surface area contributed by atoms with Crippen molar-refractivity contribution in [1.29, 1.82) is 0 Å². The van der Waals surface area contributed by atoms with Crippen LogP contribution in [0.3, 0.4) is 0 Å². The van der Waals surface area contributed by atoms with E-state index in [1.165, 1.54) is 5.56 Å². The third kappa shape index (κ3) is 3.85. The fraction of sp³-hybridized carbons (Fsp3) is 0.148. The molecular weight excluding hydrogens is 400 g/mol. The van der Waals surface area contributed by atoms with Gasteiger partial charge in [-0.3, -0.25) is 9.78 Å². The third-order valence-corrected chi connectivity index (χ3v) is 6.14. The Labute approximate surface area is 185 Å². The van der Waals surface area contributed by atoms with Crippen molar-refractivity contribution in [3.8, 4) is 11.1 Å². The summed E-state index contributed by atoms with van der Waals surface area (Å²) in [6.07, 6.45) is 4.41. The molecule has 1 fully saturated rings. The molecule has 0 aliphatic heterocycles. The Balaban J connectivity index is 1.37. The van der Waals surface area contributed by atoms with Gasteiger partial charge in [0, 0.05) is 30.2 Å². The van der Waals surface area contributed by atoms with Crippen LogP contribution in [-0.4, -0.2) is 22.0 Å². The molecule has 0 radical (unpaired) electrons. The first kappa shape index (κ1) is 19.9. The van der Waals surface area contributed by atoms with Gasteiger partial charge >= 0.3 is 5.97 Å². The van der Waals surface area contributed by atoms with Crippen LogP contribution < -0.4 is 5.32 Å². The molecule has 1 aromatic heterocycles. The van der Waals surface area contributed by atoms with Crippen molar-refractivity contribution in [3.63, 3.8) is 0 Å². The summed E-state index contributed by atoms with van der Waals surface area (Å²) in [5, 5.41) is 14.3. The number of fused-ring (bicyclic) bond motifs is 1. The lowest BCUT2D eigenvalue weighted by atomic mass is 9.95. The van der Waals surface area contributed by atoms with Gasteiger partial charge in [0.05, 0.1) is 5.56 Å². The van der Waals surface area contributed by atoms with E-state index in [1.807, 2.05) is 42.5 Å². The number of pyridine rings is 1. The summed E-state index contributed by atoms with van der Waals surface area (Å²) in [5.41, 5.74) is 4.22. The van der Waals surface area contributed by atoms with E-state index in [2.05, 4.69) is 22.4 Å². The fourth-order valence-electron chi connectivity index (χ4n) is 4.34. The second kappa shape index (κ2) is 8.27. The standard InChI is InChI=1S/C27H22N2O3/c30-26(24-14-23(24)17-5-2-1-3-6-17)29-15-20-9-10-21(22-11-12-28-16-25(20)22)18-7-4-8-19(13-18)27(31)32/h1-13,16,23-24H,14-15H2,(H,29,30)(H,31,32). The topological polar surface area (TPSA) is 79.3 Å². The lowest BCUT2D eigenvalue weighted by molar-refractivity contribution is -0.122. The molecular formula is C27H22N2O3. The molecule has 2 atom stereocenters. The number of nitrogens with one attached hydrogen (secondary N) is 1. The number of nitrogens with zero attached hydrogens (tertiary/aromatic N) is 1. The number of hydrogen-bond donors (Lipinski definition) is 2. The zero-order valence-electron chi connectivity index (χ0n) is 17.4. The van der Waals surface area contributed by atoms with E-state index in [0.717, 1.165) is 33.9 Å². The normalized spacial score (nSPS) is 17.1. The summed E-state index contributed by atoms with van der Waals surface area (Å²) < 4.78 is 0. The molecule has 1 heterocycles. The summed E-state index contributed by atoms with van der Waals surface area (Å²) in [6, 6.07) is 23.0. The van der Waals surface area contributed by atoms with E-state index in [-0.39, 0.29) is 17.4 Å². The fourth-order valence-corrected chi connectivity index (χ4v) is 4.34. The van der Waals surface area contributed by atoms with E-state index in [1.54, 1.807) is 30.6 Å². The number of carboxylic acid groups (broad SMARTS) is 1. The molecule has 2 N–H and O–H groups in total. The Morgan fingerprint density at radius 3 is 2.62 bits per heavy atom. The number of benzene rings is 3. The molecule has 0 spiro atoms. The maximum absolute atomic E-state index is 12.7. The number of hydrogen-bond acceptors (Lipinski definition) is 3. The summed E-state index contributed by atoms with van der Waals surface area (Å²) in [6.45, 7) is 0.425. The minimum Gasteiger partial charge on any atom is -0.478 e. The summed E-state index contributed by atoms with van der Waals surface area (Å²) >= 11 is 0. The van der Waals surface area contributed by atoms with Gasteiger partial charge < -0.3 is 10.4 Å². The maximum Gasteiger partial charge on any atom is 0.335 e. The number of aromatic carboxylic acids is 1. The van der Waals surface area contributed by atoms with Crippen molar-refractivity contribution in [2.75, 3.05) is 0 Å². The highest BCUT2D eigenvalue weighted by Crippen LogP contribution is 2.47. The monoisotopic (exact) mass is 422 g/mol. The van der Waals surface area contributed by atoms with Crippen LogP contribution in [-0.2, 0) is 11.3 Å². The quantitative estimate of drug-likeness (QED) is 0.457. The minimum atomic E-state index is -0.953. The zero-order valence-corrected chi connectivity index (χ0v) is 17.4. The van der Waals surface area contributed by atoms with Crippen LogP contribution in [0.1, 0.15) is 33.8 Å². The largest absolute Gasteiger partial charge is 0.478 e.